The summed E-state index contributed by atoms with van der Waals surface area (Å²) in [4.78, 5) is 30.9. The monoisotopic (exact) mass is 698 g/mol. The molecule has 0 unspecified atom stereocenters. The van der Waals surface area contributed by atoms with Gasteiger partial charge in [-0.3, -0.25) is 0 Å². The van der Waals surface area contributed by atoms with Crippen LogP contribution in [0.15, 0.2) is 97.1 Å². The molecule has 52 heavy (non-hydrogen) atoms. The molecule has 0 aromatic heterocycles. The highest BCUT2D eigenvalue weighted by Gasteiger charge is 2.49. The summed E-state index contributed by atoms with van der Waals surface area (Å²) in [6.07, 6.45) is 1.26. The minimum Gasteiger partial charge on any atom is -0.444 e. The molecule has 2 N–H and O–H groups in total. The van der Waals surface area contributed by atoms with Gasteiger partial charge in [-0.05, 0) is 106 Å². The van der Waals surface area contributed by atoms with Crippen LogP contribution in [0.3, 0.4) is 0 Å². The Labute approximate surface area is 307 Å². The Morgan fingerprint density at radius 1 is 0.577 bits per heavy atom. The largest absolute Gasteiger partial charge is 0.444 e. The minimum absolute atomic E-state index is 0.0205. The van der Waals surface area contributed by atoms with Crippen molar-refractivity contribution in [1.82, 2.24) is 9.80 Å². The zero-order chi connectivity index (χ0) is 36.4. The summed E-state index contributed by atoms with van der Waals surface area (Å²) in [7, 11) is 0. The van der Waals surface area contributed by atoms with Crippen molar-refractivity contribution in [3.8, 4) is 11.1 Å². The Bertz CT molecular complexity index is 1980. The number of carbonyl (C=O) groups is 2. The highest BCUT2D eigenvalue weighted by molar-refractivity contribution is 5.76. The van der Waals surface area contributed by atoms with E-state index in [4.69, 9.17) is 9.47 Å². The van der Waals surface area contributed by atoms with E-state index in [1.807, 2.05) is 63.5 Å². The number of amides is 2. The SMILES string of the molecule is CC(C)(C)OC(=O)N1CC[C@@H]2[C@H]1c1ccc(-c3cccc([C@H]4Nc5ccccc5[C@H]5[C@@H]4CCN5C(=O)OC(C)(C)C)c3)cc1N[C@H]2c1ccccc1. The van der Waals surface area contributed by atoms with Crippen molar-refractivity contribution in [1.29, 1.82) is 0 Å². The molecule has 2 saturated heterocycles. The minimum atomic E-state index is -0.569. The van der Waals surface area contributed by atoms with Gasteiger partial charge in [0.1, 0.15) is 11.2 Å². The average Bonchev–Trinajstić information content (AvgIpc) is 3.76. The number of hydrogen-bond donors (Lipinski definition) is 2. The summed E-state index contributed by atoms with van der Waals surface area (Å²) >= 11 is 0. The summed E-state index contributed by atoms with van der Waals surface area (Å²) in [6, 6.07) is 34.3. The summed E-state index contributed by atoms with van der Waals surface area (Å²) in [5.74, 6) is 0.407. The van der Waals surface area contributed by atoms with E-state index in [9.17, 15) is 9.59 Å². The van der Waals surface area contributed by atoms with Gasteiger partial charge in [-0.25, -0.2) is 9.59 Å². The molecule has 8 nitrogen and oxygen atoms in total. The Morgan fingerprint density at radius 3 is 1.73 bits per heavy atom. The first-order valence-electron chi connectivity index (χ1n) is 18.8. The highest BCUT2D eigenvalue weighted by Crippen LogP contribution is 2.54. The smallest absolute Gasteiger partial charge is 0.410 e. The standard InChI is InChI=1S/C44H50N4O4/c1-43(2,3)51-41(49)47-24-22-34-38(45-35-18-11-10-17-31(35)39(34)47)30-16-12-15-28(25-30)29-19-20-32-36(26-29)46-37(27-13-8-7-9-14-27)33-21-23-48(40(32)33)42(50)52-44(4,5)6/h7-20,25-26,33-34,37-40,45-46H,21-24H2,1-6H3/t33-,34+,37-,38+,39-,40+/m0/s1. The Morgan fingerprint density at radius 2 is 1.10 bits per heavy atom. The molecule has 270 valence electrons. The molecule has 2 fully saturated rings. The van der Waals surface area contributed by atoms with Gasteiger partial charge in [0.05, 0.1) is 24.2 Å². The second kappa shape index (κ2) is 12.9. The molecule has 8 rings (SSSR count). The first kappa shape index (κ1) is 34.1. The van der Waals surface area contributed by atoms with Crippen LogP contribution in [0, 0.1) is 11.8 Å². The molecule has 0 bridgehead atoms. The van der Waals surface area contributed by atoms with Crippen molar-refractivity contribution in [2.75, 3.05) is 23.7 Å². The van der Waals surface area contributed by atoms with Gasteiger partial charge in [0.2, 0.25) is 0 Å². The van der Waals surface area contributed by atoms with E-state index in [0.717, 1.165) is 46.5 Å². The van der Waals surface area contributed by atoms with E-state index >= 15 is 0 Å². The van der Waals surface area contributed by atoms with Crippen LogP contribution >= 0.6 is 0 Å². The van der Waals surface area contributed by atoms with E-state index in [0.29, 0.717) is 13.1 Å². The fourth-order valence-corrected chi connectivity index (χ4v) is 8.97. The summed E-state index contributed by atoms with van der Waals surface area (Å²) in [5.41, 5.74) is 7.87. The number of ether oxygens (including phenoxy) is 2. The molecule has 4 aliphatic rings. The molecule has 6 atom stereocenters. The van der Waals surface area contributed by atoms with Gasteiger partial charge in [0, 0.05) is 36.3 Å². The lowest BCUT2D eigenvalue weighted by molar-refractivity contribution is 0.0188. The van der Waals surface area contributed by atoms with Crippen LogP contribution in [0.2, 0.25) is 0 Å². The van der Waals surface area contributed by atoms with Gasteiger partial charge in [0.25, 0.3) is 0 Å². The number of fused-ring (bicyclic) bond motifs is 6. The molecule has 4 aliphatic heterocycles. The third-order valence-corrected chi connectivity index (χ3v) is 11.0. The number of hydrogen-bond acceptors (Lipinski definition) is 6. The second-order valence-corrected chi connectivity index (χ2v) is 16.8. The van der Waals surface area contributed by atoms with E-state index in [-0.39, 0.29) is 48.2 Å². The maximum absolute atomic E-state index is 13.6. The van der Waals surface area contributed by atoms with Crippen LogP contribution < -0.4 is 10.6 Å². The predicted molar refractivity (Wildman–Crippen MR) is 205 cm³/mol. The lowest BCUT2D eigenvalue weighted by Gasteiger charge is -2.40. The number of benzene rings is 4. The molecule has 0 spiro atoms. The molecule has 0 saturated carbocycles. The molecule has 4 aromatic rings. The topological polar surface area (TPSA) is 83.1 Å². The molecule has 4 aromatic carbocycles. The zero-order valence-corrected chi connectivity index (χ0v) is 31.1. The first-order valence-corrected chi connectivity index (χ1v) is 18.8. The van der Waals surface area contributed by atoms with Crippen molar-refractivity contribution < 1.29 is 19.1 Å². The van der Waals surface area contributed by atoms with Crippen molar-refractivity contribution >= 4 is 23.6 Å². The normalized spacial score (nSPS) is 24.8. The van der Waals surface area contributed by atoms with Crippen molar-refractivity contribution in [2.24, 2.45) is 11.8 Å². The fourth-order valence-electron chi connectivity index (χ4n) is 8.97. The third-order valence-electron chi connectivity index (χ3n) is 11.0. The Kier molecular flexibility index (Phi) is 8.47. The first-order chi connectivity index (χ1) is 24.8. The third kappa shape index (κ3) is 6.37. The van der Waals surface area contributed by atoms with Gasteiger partial charge < -0.3 is 29.9 Å². The molecular formula is C44H50N4O4. The number of carbonyl (C=O) groups excluding carboxylic acids is 2. The van der Waals surface area contributed by atoms with Crippen LogP contribution in [0.4, 0.5) is 21.0 Å². The van der Waals surface area contributed by atoms with Crippen LogP contribution in [-0.4, -0.2) is 46.3 Å². The van der Waals surface area contributed by atoms with Crippen molar-refractivity contribution in [2.45, 2.75) is 89.8 Å². The van der Waals surface area contributed by atoms with Crippen LogP contribution in [0.5, 0.6) is 0 Å². The molecule has 8 heteroatoms. The maximum Gasteiger partial charge on any atom is 0.410 e. The van der Waals surface area contributed by atoms with Gasteiger partial charge in [0.15, 0.2) is 0 Å². The van der Waals surface area contributed by atoms with Crippen molar-refractivity contribution in [3.05, 3.63) is 119 Å². The second-order valence-electron chi connectivity index (χ2n) is 16.8. The number of rotatable bonds is 3. The molecule has 2 amide bonds. The van der Waals surface area contributed by atoms with Crippen LogP contribution in [-0.2, 0) is 9.47 Å². The van der Waals surface area contributed by atoms with Gasteiger partial charge in [-0.1, -0.05) is 78.9 Å². The Balaban J connectivity index is 1.13. The lowest BCUT2D eigenvalue weighted by Crippen LogP contribution is -2.40. The number of para-hydroxylation sites is 1. The molecular weight excluding hydrogens is 649 g/mol. The van der Waals surface area contributed by atoms with Crippen LogP contribution in [0.1, 0.15) is 101 Å². The lowest BCUT2D eigenvalue weighted by atomic mass is 9.79. The average molecular weight is 699 g/mol. The summed E-state index contributed by atoms with van der Waals surface area (Å²) < 4.78 is 11.8. The van der Waals surface area contributed by atoms with E-state index in [2.05, 4.69) is 95.6 Å². The van der Waals surface area contributed by atoms with Gasteiger partial charge >= 0.3 is 12.2 Å². The fraction of sp³-hybridized carbons (Fsp3) is 0.409. The number of anilines is 2. The molecule has 0 radical (unpaired) electrons. The van der Waals surface area contributed by atoms with Crippen molar-refractivity contribution in [3.63, 3.8) is 0 Å². The summed E-state index contributed by atoms with van der Waals surface area (Å²) in [6.45, 7) is 12.8. The van der Waals surface area contributed by atoms with Crippen LogP contribution in [0.25, 0.3) is 11.1 Å². The molecule has 4 heterocycles. The number of nitrogens with zero attached hydrogens (tertiary/aromatic N) is 2. The predicted octanol–water partition coefficient (Wildman–Crippen LogP) is 10.3. The highest BCUT2D eigenvalue weighted by atomic mass is 16.6. The van der Waals surface area contributed by atoms with E-state index in [1.54, 1.807) is 0 Å². The van der Waals surface area contributed by atoms with Gasteiger partial charge in [-0.2, -0.15) is 0 Å². The maximum atomic E-state index is 13.6. The van der Waals surface area contributed by atoms with Gasteiger partial charge in [-0.15, -0.1) is 0 Å². The number of nitrogens with one attached hydrogen (secondary N) is 2. The molecule has 0 aliphatic carbocycles. The number of likely N-dealkylation sites (tertiary alicyclic amines) is 2. The Hall–Kier alpha value is -4.98. The quantitative estimate of drug-likeness (QED) is 0.222. The van der Waals surface area contributed by atoms with E-state index in [1.165, 1.54) is 11.1 Å². The summed E-state index contributed by atoms with van der Waals surface area (Å²) in [5, 5.41) is 7.77. The van der Waals surface area contributed by atoms with E-state index < -0.39 is 11.2 Å². The zero-order valence-electron chi connectivity index (χ0n) is 31.1.